The van der Waals surface area contributed by atoms with Gasteiger partial charge in [-0.15, -0.1) is 0 Å². The summed E-state index contributed by atoms with van der Waals surface area (Å²) >= 11 is 0. The minimum atomic E-state index is -0.173. The molecule has 2 atom stereocenters. The molecule has 0 aromatic carbocycles. The lowest BCUT2D eigenvalue weighted by molar-refractivity contribution is 0.0963. The summed E-state index contributed by atoms with van der Waals surface area (Å²) in [5.74, 6) is 1.56. The molecule has 1 saturated heterocycles. The summed E-state index contributed by atoms with van der Waals surface area (Å²) in [6, 6.07) is 1.27. The second-order valence-electron chi connectivity index (χ2n) is 5.70. The van der Waals surface area contributed by atoms with Gasteiger partial charge < -0.3 is 5.32 Å². The van der Waals surface area contributed by atoms with Crippen molar-refractivity contribution in [2.75, 3.05) is 26.3 Å². The Bertz CT molecular complexity index is 216. The molecule has 16 heavy (non-hydrogen) atoms. The van der Waals surface area contributed by atoms with Crippen LogP contribution in [0.15, 0.2) is 0 Å². The molecule has 2 aliphatic rings. The molecule has 0 radical (unpaired) electrons. The van der Waals surface area contributed by atoms with Gasteiger partial charge in [0.15, 0.2) is 0 Å². The molecule has 2 nitrogen and oxygen atoms in total. The van der Waals surface area contributed by atoms with Gasteiger partial charge in [0.1, 0.15) is 0 Å². The molecule has 3 heteroatoms. The van der Waals surface area contributed by atoms with Gasteiger partial charge in [-0.1, -0.05) is 13.8 Å². The molecule has 2 unspecified atom stereocenters. The lowest BCUT2D eigenvalue weighted by Crippen LogP contribution is -2.59. The van der Waals surface area contributed by atoms with Crippen LogP contribution in [0.2, 0.25) is 0 Å². The maximum atomic E-state index is 12.3. The Morgan fingerprint density at radius 1 is 1.38 bits per heavy atom. The number of alkyl halides is 1. The van der Waals surface area contributed by atoms with Crippen LogP contribution in [0.5, 0.6) is 0 Å². The Balaban J connectivity index is 1.89. The number of nitrogens with one attached hydrogen (secondary N) is 1. The normalized spacial score (nSPS) is 32.2. The van der Waals surface area contributed by atoms with Crippen molar-refractivity contribution in [3.8, 4) is 0 Å². The third-order valence-corrected chi connectivity index (χ3v) is 4.04. The number of piperazine rings is 1. The van der Waals surface area contributed by atoms with E-state index in [-0.39, 0.29) is 6.67 Å². The Hall–Kier alpha value is -0.150. The predicted octanol–water partition coefficient (Wildman–Crippen LogP) is 2.05. The van der Waals surface area contributed by atoms with Crippen LogP contribution in [-0.4, -0.2) is 43.3 Å². The van der Waals surface area contributed by atoms with Gasteiger partial charge in [0.25, 0.3) is 0 Å². The molecule has 94 valence electrons. The van der Waals surface area contributed by atoms with Crippen LogP contribution in [-0.2, 0) is 0 Å². The molecule has 0 aromatic heterocycles. The molecule has 2 fully saturated rings. The average Bonchev–Trinajstić information content (AvgIpc) is 3.09. The molecule has 0 aromatic rings. The van der Waals surface area contributed by atoms with E-state index in [2.05, 4.69) is 24.1 Å². The van der Waals surface area contributed by atoms with E-state index in [1.54, 1.807) is 0 Å². The zero-order valence-corrected chi connectivity index (χ0v) is 10.6. The fourth-order valence-electron chi connectivity index (χ4n) is 2.77. The summed E-state index contributed by atoms with van der Waals surface area (Å²) in [7, 11) is 0. The molecule has 1 heterocycles. The first-order valence-electron chi connectivity index (χ1n) is 6.75. The first-order chi connectivity index (χ1) is 7.72. The van der Waals surface area contributed by atoms with Crippen LogP contribution in [0.4, 0.5) is 4.39 Å². The Labute approximate surface area is 98.6 Å². The van der Waals surface area contributed by atoms with Crippen molar-refractivity contribution < 1.29 is 4.39 Å². The minimum absolute atomic E-state index is 0.173. The topological polar surface area (TPSA) is 15.3 Å². The summed E-state index contributed by atoms with van der Waals surface area (Å²) < 4.78 is 12.3. The minimum Gasteiger partial charge on any atom is -0.311 e. The number of hydrogen-bond donors (Lipinski definition) is 1. The number of nitrogens with zero attached hydrogens (tertiary/aromatic N) is 1. The Kier molecular flexibility index (Phi) is 4.20. The van der Waals surface area contributed by atoms with Crippen LogP contribution in [0.25, 0.3) is 0 Å². The molecule has 1 saturated carbocycles. The molecular weight excluding hydrogens is 203 g/mol. The maximum absolute atomic E-state index is 12.3. The maximum Gasteiger partial charge on any atom is 0.0906 e. The fourth-order valence-corrected chi connectivity index (χ4v) is 2.77. The number of halogens is 1. The smallest absolute Gasteiger partial charge is 0.0906 e. The van der Waals surface area contributed by atoms with Crippen molar-refractivity contribution in [2.45, 2.75) is 45.2 Å². The first-order valence-corrected chi connectivity index (χ1v) is 6.75. The van der Waals surface area contributed by atoms with E-state index in [1.807, 2.05) is 0 Å². The predicted molar refractivity (Wildman–Crippen MR) is 65.3 cm³/mol. The van der Waals surface area contributed by atoms with Gasteiger partial charge in [-0.05, 0) is 31.1 Å². The van der Waals surface area contributed by atoms with Gasteiger partial charge in [0.2, 0.25) is 0 Å². The zero-order chi connectivity index (χ0) is 11.5. The molecular formula is C13H25FN2. The van der Waals surface area contributed by atoms with Crippen LogP contribution in [0.3, 0.4) is 0 Å². The summed E-state index contributed by atoms with van der Waals surface area (Å²) in [6.07, 6.45) is 3.46. The second kappa shape index (κ2) is 5.46. The largest absolute Gasteiger partial charge is 0.311 e. The molecule has 2 rings (SSSR count). The fraction of sp³-hybridized carbons (Fsp3) is 1.00. The zero-order valence-electron chi connectivity index (χ0n) is 10.6. The van der Waals surface area contributed by atoms with Crippen molar-refractivity contribution in [3.63, 3.8) is 0 Å². The van der Waals surface area contributed by atoms with Crippen LogP contribution >= 0.6 is 0 Å². The molecule has 1 N–H and O–H groups in total. The van der Waals surface area contributed by atoms with Crippen molar-refractivity contribution in [1.82, 2.24) is 10.2 Å². The van der Waals surface area contributed by atoms with Crippen LogP contribution in [0.1, 0.15) is 33.1 Å². The van der Waals surface area contributed by atoms with Gasteiger partial charge in [-0.25, -0.2) is 0 Å². The van der Waals surface area contributed by atoms with Gasteiger partial charge in [-0.2, -0.15) is 0 Å². The Morgan fingerprint density at radius 2 is 2.12 bits per heavy atom. The highest BCUT2D eigenvalue weighted by Crippen LogP contribution is 2.36. The highest BCUT2D eigenvalue weighted by Gasteiger charge is 2.38. The summed E-state index contributed by atoms with van der Waals surface area (Å²) in [6.45, 7) is 7.53. The monoisotopic (exact) mass is 228 g/mol. The summed E-state index contributed by atoms with van der Waals surface area (Å²) in [5.41, 5.74) is 0. The van der Waals surface area contributed by atoms with E-state index in [0.29, 0.717) is 24.4 Å². The highest BCUT2D eigenvalue weighted by atomic mass is 19.1. The van der Waals surface area contributed by atoms with Crippen molar-refractivity contribution in [3.05, 3.63) is 0 Å². The highest BCUT2D eigenvalue weighted by molar-refractivity contribution is 4.95. The quantitative estimate of drug-likeness (QED) is 0.775. The lowest BCUT2D eigenvalue weighted by Gasteiger charge is -2.42. The lowest BCUT2D eigenvalue weighted by atomic mass is 9.97. The van der Waals surface area contributed by atoms with Gasteiger partial charge in [-0.3, -0.25) is 9.29 Å². The SMILES string of the molecule is CC(C)C1CN(CCCF)C(C2CC2)CN1. The molecule has 1 aliphatic heterocycles. The first kappa shape index (κ1) is 12.3. The molecule has 1 aliphatic carbocycles. The molecule has 0 amide bonds. The average molecular weight is 228 g/mol. The van der Waals surface area contributed by atoms with E-state index < -0.39 is 0 Å². The Morgan fingerprint density at radius 3 is 2.69 bits per heavy atom. The van der Waals surface area contributed by atoms with E-state index in [0.717, 1.165) is 25.6 Å². The van der Waals surface area contributed by atoms with Crippen molar-refractivity contribution in [1.29, 1.82) is 0 Å². The molecule has 0 bridgehead atoms. The van der Waals surface area contributed by atoms with Crippen molar-refractivity contribution >= 4 is 0 Å². The third kappa shape index (κ3) is 2.95. The van der Waals surface area contributed by atoms with E-state index in [4.69, 9.17) is 0 Å². The van der Waals surface area contributed by atoms with Crippen molar-refractivity contribution in [2.24, 2.45) is 11.8 Å². The summed E-state index contributed by atoms with van der Waals surface area (Å²) in [5, 5.41) is 3.66. The van der Waals surface area contributed by atoms with Crippen LogP contribution in [0, 0.1) is 11.8 Å². The van der Waals surface area contributed by atoms with E-state index >= 15 is 0 Å². The number of rotatable bonds is 5. The molecule has 0 spiro atoms. The van der Waals surface area contributed by atoms with Gasteiger partial charge in [0.05, 0.1) is 6.67 Å². The summed E-state index contributed by atoms with van der Waals surface area (Å²) in [4.78, 5) is 2.54. The van der Waals surface area contributed by atoms with E-state index in [1.165, 1.54) is 12.8 Å². The van der Waals surface area contributed by atoms with Gasteiger partial charge >= 0.3 is 0 Å². The second-order valence-corrected chi connectivity index (χ2v) is 5.70. The van der Waals surface area contributed by atoms with Gasteiger partial charge in [0, 0.05) is 31.7 Å². The number of hydrogen-bond acceptors (Lipinski definition) is 2. The standard InChI is InChI=1S/C13H25FN2/c1-10(2)12-9-16(7-3-6-14)13(8-15-12)11-4-5-11/h10-13,15H,3-9H2,1-2H3. The van der Waals surface area contributed by atoms with E-state index in [9.17, 15) is 4.39 Å². The van der Waals surface area contributed by atoms with Crippen LogP contribution < -0.4 is 5.32 Å². The third-order valence-electron chi connectivity index (χ3n) is 4.04.